The molecule has 0 aliphatic heterocycles. The molecule has 104 valence electrons. The van der Waals surface area contributed by atoms with Crippen LogP contribution >= 0.6 is 15.9 Å². The number of nitrogens with zero attached hydrogens (tertiary/aromatic N) is 2. The fraction of sp³-hybridized carbons (Fsp3) is 0.154. The molecule has 2 rings (SSSR count). The van der Waals surface area contributed by atoms with Crippen molar-refractivity contribution < 1.29 is 18.7 Å². The zero-order chi connectivity index (χ0) is 14.7. The predicted molar refractivity (Wildman–Crippen MR) is 72.7 cm³/mol. The maximum absolute atomic E-state index is 13.0. The Labute approximate surface area is 122 Å². The first-order valence-corrected chi connectivity index (χ1v) is 6.31. The second-order valence-electron chi connectivity index (χ2n) is 3.72. The summed E-state index contributed by atoms with van der Waals surface area (Å²) < 4.78 is 23.3. The van der Waals surface area contributed by atoms with Crippen molar-refractivity contribution in [1.29, 1.82) is 0 Å². The molecule has 0 aliphatic carbocycles. The lowest BCUT2D eigenvalue weighted by atomic mass is 10.1. The van der Waals surface area contributed by atoms with Crippen molar-refractivity contribution >= 4 is 21.7 Å². The van der Waals surface area contributed by atoms with E-state index in [1.54, 1.807) is 0 Å². The molecule has 0 N–H and O–H groups in total. The third-order valence-corrected chi connectivity index (χ3v) is 3.17. The molecule has 0 amide bonds. The highest BCUT2D eigenvalue weighted by atomic mass is 79.9. The third-order valence-electron chi connectivity index (χ3n) is 2.51. The molecule has 0 bridgehead atoms. The van der Waals surface area contributed by atoms with Crippen molar-refractivity contribution in [2.24, 2.45) is 0 Å². The Kier molecular flexibility index (Phi) is 4.29. The minimum absolute atomic E-state index is 0.0283. The lowest BCUT2D eigenvalue weighted by Gasteiger charge is -2.08. The van der Waals surface area contributed by atoms with Crippen LogP contribution in [0.15, 0.2) is 28.9 Å². The van der Waals surface area contributed by atoms with Gasteiger partial charge in [-0.15, -0.1) is 0 Å². The van der Waals surface area contributed by atoms with E-state index in [2.05, 4.69) is 25.9 Å². The summed E-state index contributed by atoms with van der Waals surface area (Å²) >= 11 is 3.15. The van der Waals surface area contributed by atoms with Crippen LogP contribution in [-0.2, 0) is 0 Å². The molecule has 2 aromatic rings. The molecule has 0 unspecified atom stereocenters. The standard InChI is InChI=1S/C13H10BrFN2O3/c1-19-10-6-16-11(13(17-10)20-2)12(18)8-4-3-7(15)5-9(8)14/h3-6H,1-2H3. The van der Waals surface area contributed by atoms with Gasteiger partial charge in [0.25, 0.3) is 0 Å². The van der Waals surface area contributed by atoms with E-state index in [-0.39, 0.29) is 23.0 Å². The van der Waals surface area contributed by atoms with E-state index in [9.17, 15) is 9.18 Å². The average molecular weight is 341 g/mol. The van der Waals surface area contributed by atoms with Gasteiger partial charge in [0, 0.05) is 10.0 Å². The maximum Gasteiger partial charge on any atom is 0.247 e. The van der Waals surface area contributed by atoms with E-state index in [0.717, 1.165) is 0 Å². The smallest absolute Gasteiger partial charge is 0.247 e. The summed E-state index contributed by atoms with van der Waals surface area (Å²) in [6.45, 7) is 0. The van der Waals surface area contributed by atoms with E-state index >= 15 is 0 Å². The van der Waals surface area contributed by atoms with E-state index in [0.29, 0.717) is 4.47 Å². The second-order valence-corrected chi connectivity index (χ2v) is 4.58. The molecular formula is C13H10BrFN2O3. The zero-order valence-electron chi connectivity index (χ0n) is 10.7. The highest BCUT2D eigenvalue weighted by molar-refractivity contribution is 9.10. The Morgan fingerprint density at radius 2 is 2.05 bits per heavy atom. The van der Waals surface area contributed by atoms with Gasteiger partial charge in [-0.25, -0.2) is 9.37 Å². The van der Waals surface area contributed by atoms with Crippen LogP contribution < -0.4 is 9.47 Å². The van der Waals surface area contributed by atoms with Gasteiger partial charge >= 0.3 is 0 Å². The van der Waals surface area contributed by atoms with E-state index in [1.165, 1.54) is 38.6 Å². The van der Waals surface area contributed by atoms with Gasteiger partial charge in [0.1, 0.15) is 5.82 Å². The minimum Gasteiger partial charge on any atom is -0.480 e. The van der Waals surface area contributed by atoms with Crippen LogP contribution in [0.25, 0.3) is 0 Å². The van der Waals surface area contributed by atoms with E-state index in [4.69, 9.17) is 9.47 Å². The third kappa shape index (κ3) is 2.77. The number of halogens is 2. The molecule has 1 aromatic heterocycles. The van der Waals surface area contributed by atoms with Crippen LogP contribution in [-0.4, -0.2) is 30.0 Å². The number of hydrogen-bond acceptors (Lipinski definition) is 5. The van der Waals surface area contributed by atoms with Crippen LogP contribution in [0, 0.1) is 5.82 Å². The van der Waals surface area contributed by atoms with Gasteiger partial charge < -0.3 is 9.47 Å². The predicted octanol–water partition coefficient (Wildman–Crippen LogP) is 2.63. The first-order chi connectivity index (χ1) is 9.56. The first kappa shape index (κ1) is 14.4. The largest absolute Gasteiger partial charge is 0.480 e. The zero-order valence-corrected chi connectivity index (χ0v) is 12.3. The second kappa shape index (κ2) is 5.96. The number of carbonyl (C=O) groups is 1. The number of ether oxygens (including phenoxy) is 2. The lowest BCUT2D eigenvalue weighted by molar-refractivity contribution is 0.102. The molecule has 1 heterocycles. The number of ketones is 1. The summed E-state index contributed by atoms with van der Waals surface area (Å²) in [7, 11) is 2.81. The Hall–Kier alpha value is -2.02. The molecule has 0 radical (unpaired) electrons. The van der Waals surface area contributed by atoms with Crippen molar-refractivity contribution in [2.75, 3.05) is 14.2 Å². The van der Waals surface area contributed by atoms with Crippen molar-refractivity contribution in [1.82, 2.24) is 9.97 Å². The molecule has 1 aromatic carbocycles. The molecule has 5 nitrogen and oxygen atoms in total. The van der Waals surface area contributed by atoms with Gasteiger partial charge in [-0.2, -0.15) is 4.98 Å². The highest BCUT2D eigenvalue weighted by Gasteiger charge is 2.20. The molecule has 7 heteroatoms. The number of aromatic nitrogens is 2. The van der Waals surface area contributed by atoms with Gasteiger partial charge in [-0.05, 0) is 34.1 Å². The fourth-order valence-electron chi connectivity index (χ4n) is 1.55. The summed E-state index contributed by atoms with van der Waals surface area (Å²) in [5.41, 5.74) is 0.296. The van der Waals surface area contributed by atoms with Crippen molar-refractivity contribution in [3.8, 4) is 11.8 Å². The van der Waals surface area contributed by atoms with Crippen molar-refractivity contribution in [3.05, 3.63) is 45.9 Å². The Morgan fingerprint density at radius 3 is 2.65 bits per heavy atom. The summed E-state index contributed by atoms with van der Waals surface area (Å²) in [5, 5.41) is 0. The van der Waals surface area contributed by atoms with Crippen LogP contribution in [0.4, 0.5) is 4.39 Å². The summed E-state index contributed by atoms with van der Waals surface area (Å²) in [5.74, 6) is -0.591. The lowest BCUT2D eigenvalue weighted by Crippen LogP contribution is -2.09. The van der Waals surface area contributed by atoms with Gasteiger partial charge in [-0.3, -0.25) is 4.79 Å². The molecular weight excluding hydrogens is 331 g/mol. The summed E-state index contributed by atoms with van der Waals surface area (Å²) in [6.07, 6.45) is 1.31. The van der Waals surface area contributed by atoms with Gasteiger partial charge in [0.2, 0.25) is 17.5 Å². The minimum atomic E-state index is -0.443. The van der Waals surface area contributed by atoms with Crippen LogP contribution in [0.5, 0.6) is 11.8 Å². The highest BCUT2D eigenvalue weighted by Crippen LogP contribution is 2.24. The Bertz CT molecular complexity index is 664. The number of rotatable bonds is 4. The van der Waals surface area contributed by atoms with Crippen molar-refractivity contribution in [3.63, 3.8) is 0 Å². The van der Waals surface area contributed by atoms with Crippen LogP contribution in [0.3, 0.4) is 0 Å². The quantitative estimate of drug-likeness (QED) is 0.800. The van der Waals surface area contributed by atoms with Crippen LogP contribution in [0.2, 0.25) is 0 Å². The molecule has 0 spiro atoms. The number of benzene rings is 1. The van der Waals surface area contributed by atoms with Gasteiger partial charge in [0.05, 0.1) is 20.4 Å². The van der Waals surface area contributed by atoms with Gasteiger partial charge in [0.15, 0.2) is 5.69 Å². The van der Waals surface area contributed by atoms with E-state index in [1.807, 2.05) is 0 Å². The monoisotopic (exact) mass is 340 g/mol. The number of methoxy groups -OCH3 is 2. The van der Waals surface area contributed by atoms with Crippen LogP contribution in [0.1, 0.15) is 16.1 Å². The number of carbonyl (C=O) groups excluding carboxylic acids is 1. The fourth-order valence-corrected chi connectivity index (χ4v) is 2.09. The molecule has 0 aliphatic rings. The molecule has 0 saturated heterocycles. The molecule has 0 saturated carbocycles. The molecule has 0 atom stereocenters. The number of hydrogen-bond donors (Lipinski definition) is 0. The molecule has 20 heavy (non-hydrogen) atoms. The first-order valence-electron chi connectivity index (χ1n) is 5.51. The Morgan fingerprint density at radius 1 is 1.30 bits per heavy atom. The van der Waals surface area contributed by atoms with Gasteiger partial charge in [-0.1, -0.05) is 0 Å². The maximum atomic E-state index is 13.0. The normalized spacial score (nSPS) is 10.2. The average Bonchev–Trinajstić information content (AvgIpc) is 2.46. The summed E-state index contributed by atoms with van der Waals surface area (Å²) in [6, 6.07) is 3.77. The summed E-state index contributed by atoms with van der Waals surface area (Å²) in [4.78, 5) is 20.4. The Balaban J connectivity index is 2.47. The molecule has 0 fully saturated rings. The topological polar surface area (TPSA) is 61.3 Å². The SMILES string of the molecule is COc1cnc(C(=O)c2ccc(F)cc2Br)c(OC)n1. The van der Waals surface area contributed by atoms with E-state index < -0.39 is 11.6 Å². The van der Waals surface area contributed by atoms with Crippen molar-refractivity contribution in [2.45, 2.75) is 0 Å².